The van der Waals surface area contributed by atoms with Gasteiger partial charge in [0.2, 0.25) is 0 Å². The molecule has 0 saturated carbocycles. The number of hydrogen-bond donors (Lipinski definition) is 2. The minimum absolute atomic E-state index is 0.222. The third-order valence-corrected chi connectivity index (χ3v) is 0.467. The Kier molecular flexibility index (Phi) is 2.08. The number of carboxylic acid groups (broad SMARTS) is 1. The molecule has 0 aromatic heterocycles. The van der Waals surface area contributed by atoms with Crippen LogP contribution in [-0.2, 0) is 4.79 Å². The van der Waals surface area contributed by atoms with E-state index in [1.165, 1.54) is 0 Å². The molecule has 0 aromatic carbocycles. The van der Waals surface area contributed by atoms with Crippen LogP contribution >= 0.6 is 0 Å². The van der Waals surface area contributed by atoms with E-state index in [-0.39, 0.29) is 6.04 Å². The average molecular weight is 102 g/mol. The first-order chi connectivity index (χ1) is 3.18. The lowest BCUT2D eigenvalue weighted by molar-refractivity contribution is -0.134. The van der Waals surface area contributed by atoms with Gasteiger partial charge in [0.15, 0.2) is 6.04 Å². The summed E-state index contributed by atoms with van der Waals surface area (Å²) in [4.78, 5) is 9.70. The van der Waals surface area contributed by atoms with Crippen LogP contribution in [0, 0.1) is 6.04 Å². The van der Waals surface area contributed by atoms with Gasteiger partial charge in [-0.05, 0) is 0 Å². The lowest BCUT2D eigenvalue weighted by Crippen LogP contribution is -2.17. The molecule has 39 valence electrons. The van der Waals surface area contributed by atoms with E-state index >= 15 is 0 Å². The van der Waals surface area contributed by atoms with Gasteiger partial charge in [0.25, 0.3) is 0 Å². The molecule has 0 spiro atoms. The molecule has 0 amide bonds. The van der Waals surface area contributed by atoms with Crippen LogP contribution in [0.4, 0.5) is 0 Å². The molecule has 0 bridgehead atoms. The molecule has 0 aromatic rings. The Morgan fingerprint density at radius 3 is 2.43 bits per heavy atom. The normalized spacial score (nSPS) is 8.86. The molecule has 3 nitrogen and oxygen atoms in total. The lowest BCUT2D eigenvalue weighted by Gasteiger charge is -1.91. The highest BCUT2D eigenvalue weighted by Gasteiger charge is 2.04. The van der Waals surface area contributed by atoms with E-state index in [0.29, 0.717) is 0 Å². The molecular formula is C4H6NO2. The zero-order valence-corrected chi connectivity index (χ0v) is 3.72. The number of carboxylic acids is 1. The molecule has 3 N–H and O–H groups in total. The van der Waals surface area contributed by atoms with Crippen molar-refractivity contribution < 1.29 is 9.90 Å². The fourth-order valence-electron chi connectivity index (χ4n) is 0.0873. The van der Waals surface area contributed by atoms with Gasteiger partial charge < -0.3 is 10.8 Å². The molecule has 0 fully saturated rings. The number of rotatable bonds is 2. The molecule has 0 heterocycles. The van der Waals surface area contributed by atoms with Crippen molar-refractivity contribution in [2.24, 2.45) is 5.73 Å². The minimum atomic E-state index is -1.13. The minimum Gasteiger partial charge on any atom is -0.480 e. The van der Waals surface area contributed by atoms with Crippen LogP contribution in [0.15, 0.2) is 12.7 Å². The summed E-state index contributed by atoms with van der Waals surface area (Å²) in [5, 5.41) is 7.95. The summed E-state index contributed by atoms with van der Waals surface area (Å²) in [6.07, 6.45) is 1.09. The number of carbonyl (C=O) groups is 1. The SMILES string of the molecule is C=C[C](N)[14C](=O)O. The lowest BCUT2D eigenvalue weighted by atomic mass is 10.5. The van der Waals surface area contributed by atoms with Crippen molar-refractivity contribution in [2.75, 3.05) is 0 Å². The first-order valence-corrected chi connectivity index (χ1v) is 1.66. The quantitative estimate of drug-likeness (QED) is 0.505. The van der Waals surface area contributed by atoms with E-state index in [2.05, 4.69) is 6.58 Å². The van der Waals surface area contributed by atoms with E-state index in [1.807, 2.05) is 0 Å². The van der Waals surface area contributed by atoms with Gasteiger partial charge in [0, 0.05) is 0 Å². The van der Waals surface area contributed by atoms with Crippen LogP contribution in [0.3, 0.4) is 0 Å². The summed E-state index contributed by atoms with van der Waals surface area (Å²) in [7, 11) is 0. The molecule has 0 saturated heterocycles. The van der Waals surface area contributed by atoms with Crippen molar-refractivity contribution in [3.63, 3.8) is 0 Å². The van der Waals surface area contributed by atoms with Crippen LogP contribution < -0.4 is 5.73 Å². The van der Waals surface area contributed by atoms with Gasteiger partial charge in [-0.25, -0.2) is 4.79 Å². The van der Waals surface area contributed by atoms with Crippen LogP contribution in [0.5, 0.6) is 0 Å². The summed E-state index contributed by atoms with van der Waals surface area (Å²) in [6, 6.07) is -0.222. The molecule has 0 aliphatic carbocycles. The summed E-state index contributed by atoms with van der Waals surface area (Å²) in [6.45, 7) is 3.14. The maximum absolute atomic E-state index is 9.70. The van der Waals surface area contributed by atoms with Crippen molar-refractivity contribution in [1.29, 1.82) is 0 Å². The largest absolute Gasteiger partial charge is 0.480 e. The molecule has 0 rings (SSSR count). The van der Waals surface area contributed by atoms with E-state index < -0.39 is 5.97 Å². The first kappa shape index (κ1) is 6.17. The van der Waals surface area contributed by atoms with Crippen LogP contribution in [0.2, 0.25) is 0 Å². The van der Waals surface area contributed by atoms with Crippen LogP contribution in [0.25, 0.3) is 0 Å². The van der Waals surface area contributed by atoms with Gasteiger partial charge in [-0.3, -0.25) is 0 Å². The summed E-state index contributed by atoms with van der Waals surface area (Å²) < 4.78 is 0. The van der Waals surface area contributed by atoms with Gasteiger partial charge in [0.1, 0.15) is 0 Å². The fourth-order valence-corrected chi connectivity index (χ4v) is 0.0873. The summed E-state index contributed by atoms with van der Waals surface area (Å²) in [5.74, 6) is -1.13. The van der Waals surface area contributed by atoms with Gasteiger partial charge in [0.05, 0.1) is 0 Å². The van der Waals surface area contributed by atoms with Gasteiger partial charge in [-0.15, -0.1) is 6.58 Å². The molecule has 7 heavy (non-hydrogen) atoms. The zero-order chi connectivity index (χ0) is 5.86. The Balaban J connectivity index is 3.55. The third-order valence-electron chi connectivity index (χ3n) is 0.467. The summed E-state index contributed by atoms with van der Waals surface area (Å²) in [5.41, 5.74) is 4.81. The van der Waals surface area contributed by atoms with E-state index in [4.69, 9.17) is 10.8 Å². The molecule has 0 aliphatic heterocycles. The van der Waals surface area contributed by atoms with E-state index in [9.17, 15) is 4.79 Å². The monoisotopic (exact) mass is 102 g/mol. The van der Waals surface area contributed by atoms with Gasteiger partial charge in [-0.1, -0.05) is 6.08 Å². The Morgan fingerprint density at radius 1 is 2.00 bits per heavy atom. The molecule has 3 heteroatoms. The molecule has 0 aliphatic rings. The molecule has 1 radical (unpaired) electrons. The Bertz CT molecular complexity index is 89.7. The second kappa shape index (κ2) is 2.36. The van der Waals surface area contributed by atoms with Crippen molar-refractivity contribution in [3.8, 4) is 0 Å². The predicted molar refractivity (Wildman–Crippen MR) is 25.3 cm³/mol. The highest BCUT2D eigenvalue weighted by molar-refractivity contribution is 5.84. The second-order valence-electron chi connectivity index (χ2n) is 0.965. The molecular weight excluding hydrogens is 96.0 g/mol. The highest BCUT2D eigenvalue weighted by Crippen LogP contribution is 1.85. The molecule has 0 atom stereocenters. The van der Waals surface area contributed by atoms with Gasteiger partial charge in [-0.2, -0.15) is 0 Å². The molecule has 0 unspecified atom stereocenters. The van der Waals surface area contributed by atoms with Crippen molar-refractivity contribution in [3.05, 3.63) is 18.7 Å². The maximum Gasteiger partial charge on any atom is 0.330 e. The fraction of sp³-hybridized carbons (Fsp3) is 0. The third kappa shape index (κ3) is 1.94. The second-order valence-corrected chi connectivity index (χ2v) is 0.965. The Labute approximate surface area is 41.4 Å². The number of hydrogen-bond acceptors (Lipinski definition) is 2. The number of nitrogens with two attached hydrogens (primary N) is 1. The standard InChI is InChI=1S/C4H6NO2/c1-2-3(5)4(6)7/h2H,1,5H2,(H,6,7)/i4+2. The summed E-state index contributed by atoms with van der Waals surface area (Å²) >= 11 is 0. The zero-order valence-electron chi connectivity index (χ0n) is 3.72. The van der Waals surface area contributed by atoms with Crippen LogP contribution in [0.1, 0.15) is 0 Å². The highest BCUT2D eigenvalue weighted by atomic mass is 16.6. The van der Waals surface area contributed by atoms with Crippen molar-refractivity contribution in [1.82, 2.24) is 0 Å². The van der Waals surface area contributed by atoms with Crippen molar-refractivity contribution >= 4 is 5.97 Å². The first-order valence-electron chi connectivity index (χ1n) is 1.66. The van der Waals surface area contributed by atoms with E-state index in [1.54, 1.807) is 0 Å². The smallest absolute Gasteiger partial charge is 0.330 e. The average Bonchev–Trinajstić information content (AvgIpc) is 1.65. The van der Waals surface area contributed by atoms with Crippen molar-refractivity contribution in [2.45, 2.75) is 0 Å². The van der Waals surface area contributed by atoms with Gasteiger partial charge >= 0.3 is 5.97 Å². The van der Waals surface area contributed by atoms with Crippen LogP contribution in [-0.4, -0.2) is 11.1 Å². The topological polar surface area (TPSA) is 63.3 Å². The Morgan fingerprint density at radius 2 is 2.43 bits per heavy atom. The number of aliphatic carboxylic acids is 1. The predicted octanol–water partition coefficient (Wildman–Crippen LogP) is -0.252. The maximum atomic E-state index is 9.70. The Hall–Kier alpha value is -0.830. The van der Waals surface area contributed by atoms with E-state index in [0.717, 1.165) is 6.08 Å².